The smallest absolute Gasteiger partial charge is 0.186 e. The molecule has 150 valence electrons. The molecule has 0 radical (unpaired) electrons. The van der Waals surface area contributed by atoms with E-state index in [9.17, 15) is 24.6 Å². The number of fused-ring (bicyclic) bond motifs is 1. The molecule has 2 N–H and O–H groups in total. The van der Waals surface area contributed by atoms with Crippen molar-refractivity contribution in [1.82, 2.24) is 0 Å². The first-order chi connectivity index (χ1) is 12.2. The number of hydrogen-bond donors (Lipinski definition) is 2. The average molecular weight is 378 g/mol. The van der Waals surface area contributed by atoms with Gasteiger partial charge in [-0.25, -0.2) is 0 Å². The molecule has 2 aliphatic rings. The van der Waals surface area contributed by atoms with Gasteiger partial charge in [0.1, 0.15) is 11.7 Å². The van der Waals surface area contributed by atoms with E-state index in [-0.39, 0.29) is 24.2 Å². The minimum Gasteiger partial charge on any atom is -0.487 e. The fourth-order valence-corrected chi connectivity index (χ4v) is 3.54. The zero-order chi connectivity index (χ0) is 20.9. The monoisotopic (exact) mass is 378 g/mol. The van der Waals surface area contributed by atoms with Crippen LogP contribution in [0.25, 0.3) is 0 Å². The standard InChI is InChI=1S/C21H30O6/c1-11(2)8-9-20(7)16(23)14(15(22)12(3)4)17-21(26,18(20)24)10-13(27-17)19(5,6)25/h8,12-13,25-26H,9-10H2,1-7H3. The Morgan fingerprint density at radius 1 is 1.33 bits per heavy atom. The summed E-state index contributed by atoms with van der Waals surface area (Å²) in [6, 6.07) is 0. The van der Waals surface area contributed by atoms with E-state index < -0.39 is 46.0 Å². The number of rotatable bonds is 5. The summed E-state index contributed by atoms with van der Waals surface area (Å²) in [5.41, 5.74) is -4.34. The molecule has 1 saturated heterocycles. The largest absolute Gasteiger partial charge is 0.487 e. The molecule has 1 aliphatic heterocycles. The molecule has 0 spiro atoms. The minimum absolute atomic E-state index is 0.0879. The summed E-state index contributed by atoms with van der Waals surface area (Å²) < 4.78 is 5.68. The van der Waals surface area contributed by atoms with Crippen LogP contribution in [0.5, 0.6) is 0 Å². The van der Waals surface area contributed by atoms with Crippen LogP contribution in [0, 0.1) is 11.3 Å². The Kier molecular flexibility index (Phi) is 5.32. The van der Waals surface area contributed by atoms with Gasteiger partial charge in [0.2, 0.25) is 0 Å². The number of aliphatic hydroxyl groups is 2. The summed E-state index contributed by atoms with van der Waals surface area (Å²) in [4.78, 5) is 39.4. The van der Waals surface area contributed by atoms with Gasteiger partial charge in [-0.15, -0.1) is 0 Å². The average Bonchev–Trinajstić information content (AvgIpc) is 2.90. The maximum Gasteiger partial charge on any atom is 0.186 e. The predicted molar refractivity (Wildman–Crippen MR) is 99.8 cm³/mol. The van der Waals surface area contributed by atoms with Gasteiger partial charge >= 0.3 is 0 Å². The molecule has 0 bridgehead atoms. The predicted octanol–water partition coefficient (Wildman–Crippen LogP) is 2.27. The van der Waals surface area contributed by atoms with E-state index in [4.69, 9.17) is 4.74 Å². The molecule has 27 heavy (non-hydrogen) atoms. The highest BCUT2D eigenvalue weighted by Crippen LogP contribution is 2.50. The van der Waals surface area contributed by atoms with Gasteiger partial charge in [0.05, 0.1) is 11.0 Å². The molecule has 0 aromatic carbocycles. The number of carbonyl (C=O) groups excluding carboxylic acids is 3. The molecule has 0 amide bonds. The maximum absolute atomic E-state index is 13.3. The molecule has 1 heterocycles. The van der Waals surface area contributed by atoms with Crippen LogP contribution in [0.2, 0.25) is 0 Å². The van der Waals surface area contributed by atoms with Crippen molar-refractivity contribution in [2.24, 2.45) is 11.3 Å². The molecular formula is C21H30O6. The third-order valence-corrected chi connectivity index (χ3v) is 5.43. The first-order valence-electron chi connectivity index (χ1n) is 9.29. The van der Waals surface area contributed by atoms with E-state index >= 15 is 0 Å². The second-order valence-electron chi connectivity index (χ2n) is 9.02. The van der Waals surface area contributed by atoms with Gasteiger partial charge in [-0.1, -0.05) is 25.5 Å². The van der Waals surface area contributed by atoms with Crippen LogP contribution < -0.4 is 0 Å². The van der Waals surface area contributed by atoms with Crippen LogP contribution in [0.1, 0.15) is 61.3 Å². The molecule has 1 aliphatic carbocycles. The number of Topliss-reactive ketones (excluding diaryl/α,β-unsaturated/α-hetero) is 3. The van der Waals surface area contributed by atoms with E-state index in [0.717, 1.165) is 5.57 Å². The third-order valence-electron chi connectivity index (χ3n) is 5.43. The zero-order valence-corrected chi connectivity index (χ0v) is 17.2. The van der Waals surface area contributed by atoms with E-state index in [2.05, 4.69) is 0 Å². The summed E-state index contributed by atoms with van der Waals surface area (Å²) in [5, 5.41) is 21.6. The number of hydrogen-bond acceptors (Lipinski definition) is 6. The van der Waals surface area contributed by atoms with Crippen molar-refractivity contribution in [2.75, 3.05) is 0 Å². The van der Waals surface area contributed by atoms with Crippen LogP contribution in [-0.2, 0) is 19.1 Å². The van der Waals surface area contributed by atoms with Gasteiger partial charge in [-0.05, 0) is 41.0 Å². The Labute approximate surface area is 160 Å². The topological polar surface area (TPSA) is 101 Å². The van der Waals surface area contributed by atoms with Crippen molar-refractivity contribution < 1.29 is 29.3 Å². The van der Waals surface area contributed by atoms with Crippen molar-refractivity contribution in [2.45, 2.75) is 78.6 Å². The molecule has 2 rings (SSSR count). The molecule has 0 saturated carbocycles. The first kappa shape index (κ1) is 21.5. The summed E-state index contributed by atoms with van der Waals surface area (Å²) in [6.45, 7) is 11.5. The van der Waals surface area contributed by atoms with Crippen LogP contribution in [0.15, 0.2) is 23.0 Å². The zero-order valence-electron chi connectivity index (χ0n) is 17.2. The van der Waals surface area contributed by atoms with Gasteiger partial charge in [0.25, 0.3) is 0 Å². The van der Waals surface area contributed by atoms with Crippen LogP contribution >= 0.6 is 0 Å². The molecule has 3 unspecified atom stereocenters. The van der Waals surface area contributed by atoms with Crippen LogP contribution in [-0.4, -0.2) is 44.9 Å². The maximum atomic E-state index is 13.3. The lowest BCUT2D eigenvalue weighted by molar-refractivity contribution is -0.152. The van der Waals surface area contributed by atoms with Crippen molar-refractivity contribution >= 4 is 17.3 Å². The van der Waals surface area contributed by atoms with Crippen molar-refractivity contribution in [1.29, 1.82) is 0 Å². The molecular weight excluding hydrogens is 348 g/mol. The fourth-order valence-electron chi connectivity index (χ4n) is 3.54. The third kappa shape index (κ3) is 3.41. The Balaban J connectivity index is 2.72. The van der Waals surface area contributed by atoms with E-state index in [1.165, 1.54) is 20.8 Å². The summed E-state index contributed by atoms with van der Waals surface area (Å²) in [6.07, 6.45) is 0.738. The lowest BCUT2D eigenvalue weighted by Gasteiger charge is -2.38. The SMILES string of the molecule is CC(C)=CCC1(C)C(=O)C(C(=O)C(C)C)=C2OC(C(C)(C)O)CC2(O)C1=O. The van der Waals surface area contributed by atoms with E-state index in [1.54, 1.807) is 19.9 Å². The van der Waals surface area contributed by atoms with Crippen LogP contribution in [0.3, 0.4) is 0 Å². The highest BCUT2D eigenvalue weighted by atomic mass is 16.5. The Hall–Kier alpha value is -1.79. The van der Waals surface area contributed by atoms with Crippen molar-refractivity contribution in [3.8, 4) is 0 Å². The van der Waals surface area contributed by atoms with Crippen molar-refractivity contribution in [3.63, 3.8) is 0 Å². The van der Waals surface area contributed by atoms with E-state index in [1.807, 2.05) is 13.8 Å². The van der Waals surface area contributed by atoms with Gasteiger partial charge in [-0.2, -0.15) is 0 Å². The van der Waals surface area contributed by atoms with Gasteiger partial charge in [-0.3, -0.25) is 14.4 Å². The second-order valence-corrected chi connectivity index (χ2v) is 9.02. The number of ether oxygens (including phenoxy) is 1. The quantitative estimate of drug-likeness (QED) is 0.432. The Bertz CT molecular complexity index is 747. The first-order valence-corrected chi connectivity index (χ1v) is 9.29. The number of ketones is 3. The minimum atomic E-state index is -2.09. The van der Waals surface area contributed by atoms with Gasteiger partial charge < -0.3 is 14.9 Å². The summed E-state index contributed by atoms with van der Waals surface area (Å²) in [7, 11) is 0. The molecule has 3 atom stereocenters. The molecule has 1 fully saturated rings. The number of allylic oxidation sites excluding steroid dienone is 3. The highest BCUT2D eigenvalue weighted by molar-refractivity contribution is 6.32. The van der Waals surface area contributed by atoms with Crippen LogP contribution in [0.4, 0.5) is 0 Å². The lowest BCUT2D eigenvalue weighted by atomic mass is 9.63. The highest BCUT2D eigenvalue weighted by Gasteiger charge is 2.65. The van der Waals surface area contributed by atoms with Crippen molar-refractivity contribution in [3.05, 3.63) is 23.0 Å². The molecule has 0 aromatic heterocycles. The summed E-state index contributed by atoms with van der Waals surface area (Å²) >= 11 is 0. The fraction of sp³-hybridized carbons (Fsp3) is 0.667. The number of carbonyl (C=O) groups is 3. The normalized spacial score (nSPS) is 31.1. The molecule has 6 heteroatoms. The molecule has 6 nitrogen and oxygen atoms in total. The Morgan fingerprint density at radius 2 is 1.89 bits per heavy atom. The van der Waals surface area contributed by atoms with Gasteiger partial charge in [0, 0.05) is 12.3 Å². The lowest BCUT2D eigenvalue weighted by Crippen LogP contribution is -2.56. The summed E-state index contributed by atoms with van der Waals surface area (Å²) in [5.74, 6) is -2.58. The second kappa shape index (κ2) is 6.67. The van der Waals surface area contributed by atoms with E-state index in [0.29, 0.717) is 0 Å². The Morgan fingerprint density at radius 3 is 2.33 bits per heavy atom. The van der Waals surface area contributed by atoms with Gasteiger partial charge in [0.15, 0.2) is 28.7 Å². The molecule has 0 aromatic rings.